The van der Waals surface area contributed by atoms with E-state index in [0.717, 1.165) is 18.4 Å². The standard InChI is InChI=1S/C17H23ClN2O3/c1-11(13-4-6-14(18)7-5-13)19(3)16(21)10-20(15-8-9-15)12(2)17(22)23/h4-7,11-12,15H,8-10H2,1-3H3,(H,22,23). The summed E-state index contributed by atoms with van der Waals surface area (Å²) in [5.41, 5.74) is 0.995. The maximum absolute atomic E-state index is 12.6. The summed E-state index contributed by atoms with van der Waals surface area (Å²) in [4.78, 5) is 27.2. The van der Waals surface area contributed by atoms with E-state index in [1.165, 1.54) is 0 Å². The number of carbonyl (C=O) groups excluding carboxylic acids is 1. The lowest BCUT2D eigenvalue weighted by Crippen LogP contribution is -2.47. The number of likely N-dealkylation sites (N-methyl/N-ethyl adjacent to an activating group) is 1. The van der Waals surface area contributed by atoms with Gasteiger partial charge < -0.3 is 10.0 Å². The van der Waals surface area contributed by atoms with Crippen LogP contribution >= 0.6 is 11.6 Å². The van der Waals surface area contributed by atoms with Gasteiger partial charge in [0.2, 0.25) is 5.91 Å². The molecule has 0 heterocycles. The molecule has 2 rings (SSSR count). The third-order valence-electron chi connectivity index (χ3n) is 4.52. The van der Waals surface area contributed by atoms with E-state index in [1.807, 2.05) is 19.1 Å². The second-order valence-corrected chi connectivity index (χ2v) is 6.59. The van der Waals surface area contributed by atoms with Crippen LogP contribution in [0.2, 0.25) is 5.02 Å². The van der Waals surface area contributed by atoms with Crippen molar-refractivity contribution in [2.24, 2.45) is 0 Å². The molecule has 1 saturated carbocycles. The van der Waals surface area contributed by atoms with E-state index in [4.69, 9.17) is 11.6 Å². The van der Waals surface area contributed by atoms with Crippen molar-refractivity contribution < 1.29 is 14.7 Å². The highest BCUT2D eigenvalue weighted by Crippen LogP contribution is 2.29. The summed E-state index contributed by atoms with van der Waals surface area (Å²) in [6, 6.07) is 6.87. The number of hydrogen-bond donors (Lipinski definition) is 1. The predicted molar refractivity (Wildman–Crippen MR) is 89.5 cm³/mol. The van der Waals surface area contributed by atoms with Crippen molar-refractivity contribution in [3.05, 3.63) is 34.9 Å². The first-order chi connectivity index (χ1) is 10.8. The molecule has 0 saturated heterocycles. The average Bonchev–Trinajstić information content (AvgIpc) is 3.35. The zero-order valence-electron chi connectivity index (χ0n) is 13.7. The van der Waals surface area contributed by atoms with Gasteiger partial charge in [-0.25, -0.2) is 0 Å². The highest BCUT2D eigenvalue weighted by atomic mass is 35.5. The molecule has 0 aliphatic heterocycles. The quantitative estimate of drug-likeness (QED) is 0.830. The number of carbonyl (C=O) groups is 2. The Morgan fingerprint density at radius 1 is 1.26 bits per heavy atom. The monoisotopic (exact) mass is 338 g/mol. The molecule has 0 bridgehead atoms. The molecular weight excluding hydrogens is 316 g/mol. The van der Waals surface area contributed by atoms with Crippen molar-refractivity contribution in [1.82, 2.24) is 9.80 Å². The lowest BCUT2D eigenvalue weighted by molar-refractivity contribution is -0.144. The number of aliphatic carboxylic acids is 1. The molecule has 23 heavy (non-hydrogen) atoms. The lowest BCUT2D eigenvalue weighted by atomic mass is 10.1. The highest BCUT2D eigenvalue weighted by Gasteiger charge is 2.37. The van der Waals surface area contributed by atoms with Crippen LogP contribution in [0, 0.1) is 0 Å². The van der Waals surface area contributed by atoms with Crippen LogP contribution in [0.25, 0.3) is 0 Å². The smallest absolute Gasteiger partial charge is 0.320 e. The minimum absolute atomic E-state index is 0.0764. The number of carboxylic acids is 1. The minimum Gasteiger partial charge on any atom is -0.480 e. The third-order valence-corrected chi connectivity index (χ3v) is 4.77. The molecule has 0 spiro atoms. The third kappa shape index (κ3) is 4.45. The van der Waals surface area contributed by atoms with Gasteiger partial charge in [-0.05, 0) is 44.4 Å². The van der Waals surface area contributed by atoms with Crippen molar-refractivity contribution in [3.8, 4) is 0 Å². The molecule has 1 aromatic rings. The highest BCUT2D eigenvalue weighted by molar-refractivity contribution is 6.30. The first-order valence-corrected chi connectivity index (χ1v) is 8.18. The molecule has 2 unspecified atom stereocenters. The van der Waals surface area contributed by atoms with Gasteiger partial charge >= 0.3 is 5.97 Å². The number of benzene rings is 1. The van der Waals surface area contributed by atoms with Gasteiger partial charge in [-0.1, -0.05) is 23.7 Å². The van der Waals surface area contributed by atoms with Crippen LogP contribution in [-0.2, 0) is 9.59 Å². The van der Waals surface area contributed by atoms with E-state index < -0.39 is 12.0 Å². The molecule has 1 aliphatic rings. The van der Waals surface area contributed by atoms with E-state index in [0.29, 0.717) is 5.02 Å². The van der Waals surface area contributed by atoms with Crippen LogP contribution in [0.15, 0.2) is 24.3 Å². The Bertz CT molecular complexity index is 572. The summed E-state index contributed by atoms with van der Waals surface area (Å²) in [6.07, 6.45) is 1.92. The Labute approximate surface area is 141 Å². The topological polar surface area (TPSA) is 60.9 Å². The largest absolute Gasteiger partial charge is 0.480 e. The maximum atomic E-state index is 12.6. The fraction of sp³-hybridized carbons (Fsp3) is 0.529. The molecule has 1 fully saturated rings. The zero-order valence-corrected chi connectivity index (χ0v) is 14.5. The van der Waals surface area contributed by atoms with Gasteiger partial charge in [0.15, 0.2) is 0 Å². The molecule has 0 aromatic heterocycles. The van der Waals surface area contributed by atoms with Crippen LogP contribution in [0.1, 0.15) is 38.3 Å². The Balaban J connectivity index is 2.03. The van der Waals surface area contributed by atoms with Crippen molar-refractivity contribution in [2.75, 3.05) is 13.6 Å². The van der Waals surface area contributed by atoms with Crippen molar-refractivity contribution in [2.45, 2.75) is 44.8 Å². The first-order valence-electron chi connectivity index (χ1n) is 7.81. The van der Waals surface area contributed by atoms with E-state index in [9.17, 15) is 14.7 Å². The van der Waals surface area contributed by atoms with Gasteiger partial charge in [-0.2, -0.15) is 0 Å². The van der Waals surface area contributed by atoms with Crippen molar-refractivity contribution in [3.63, 3.8) is 0 Å². The summed E-state index contributed by atoms with van der Waals surface area (Å²) >= 11 is 5.89. The first kappa shape index (κ1) is 17.8. The summed E-state index contributed by atoms with van der Waals surface area (Å²) in [5.74, 6) is -0.967. The van der Waals surface area contributed by atoms with Crippen LogP contribution in [-0.4, -0.2) is 52.5 Å². The Morgan fingerprint density at radius 3 is 2.30 bits per heavy atom. The second-order valence-electron chi connectivity index (χ2n) is 6.15. The number of hydrogen-bond acceptors (Lipinski definition) is 3. The molecule has 1 aliphatic carbocycles. The van der Waals surface area contributed by atoms with E-state index >= 15 is 0 Å². The van der Waals surface area contributed by atoms with E-state index in [2.05, 4.69) is 0 Å². The van der Waals surface area contributed by atoms with Gasteiger partial charge in [0.1, 0.15) is 6.04 Å². The summed E-state index contributed by atoms with van der Waals surface area (Å²) in [5, 5.41) is 9.87. The molecule has 0 radical (unpaired) electrons. The SMILES string of the molecule is CC(c1ccc(Cl)cc1)N(C)C(=O)CN(C1CC1)C(C)C(=O)O. The van der Waals surface area contributed by atoms with Gasteiger partial charge in [0, 0.05) is 18.1 Å². The normalized spacial score (nSPS) is 16.9. The Hall–Kier alpha value is -1.59. The van der Waals surface area contributed by atoms with Crippen LogP contribution in [0.5, 0.6) is 0 Å². The fourth-order valence-corrected chi connectivity index (χ4v) is 2.70. The van der Waals surface area contributed by atoms with E-state index in [1.54, 1.807) is 35.9 Å². The van der Waals surface area contributed by atoms with Crippen LogP contribution < -0.4 is 0 Å². The molecule has 1 aromatic carbocycles. The number of carboxylic acid groups (broad SMARTS) is 1. The molecule has 5 nitrogen and oxygen atoms in total. The minimum atomic E-state index is -0.891. The number of nitrogens with zero attached hydrogens (tertiary/aromatic N) is 2. The number of amides is 1. The molecular formula is C17H23ClN2O3. The summed E-state index contributed by atoms with van der Waals surface area (Å²) < 4.78 is 0. The molecule has 126 valence electrons. The van der Waals surface area contributed by atoms with Crippen molar-refractivity contribution in [1.29, 1.82) is 0 Å². The predicted octanol–water partition coefficient (Wildman–Crippen LogP) is 2.80. The number of rotatable bonds is 7. The van der Waals surface area contributed by atoms with Gasteiger partial charge in [-0.15, -0.1) is 0 Å². The van der Waals surface area contributed by atoms with Crippen LogP contribution in [0.4, 0.5) is 0 Å². The summed E-state index contributed by atoms with van der Waals surface area (Å²) in [7, 11) is 1.75. The van der Waals surface area contributed by atoms with E-state index in [-0.39, 0.29) is 24.5 Å². The van der Waals surface area contributed by atoms with Gasteiger partial charge in [0.05, 0.1) is 12.6 Å². The Morgan fingerprint density at radius 2 is 1.83 bits per heavy atom. The fourth-order valence-electron chi connectivity index (χ4n) is 2.58. The molecule has 2 atom stereocenters. The average molecular weight is 339 g/mol. The lowest BCUT2D eigenvalue weighted by Gasteiger charge is -2.31. The maximum Gasteiger partial charge on any atom is 0.320 e. The summed E-state index contributed by atoms with van der Waals surface area (Å²) in [6.45, 7) is 3.71. The molecule has 6 heteroatoms. The van der Waals surface area contributed by atoms with Crippen LogP contribution in [0.3, 0.4) is 0 Å². The van der Waals surface area contributed by atoms with Gasteiger partial charge in [-0.3, -0.25) is 14.5 Å². The number of halogens is 1. The molecule has 1 N–H and O–H groups in total. The van der Waals surface area contributed by atoms with Gasteiger partial charge in [0.25, 0.3) is 0 Å². The van der Waals surface area contributed by atoms with Crippen molar-refractivity contribution >= 4 is 23.5 Å². The second kappa shape index (κ2) is 7.32. The zero-order chi connectivity index (χ0) is 17.1. The Kier molecular flexibility index (Phi) is 5.65. The molecule has 1 amide bonds.